The quantitative estimate of drug-likeness (QED) is 0.586. The van der Waals surface area contributed by atoms with Crippen molar-refractivity contribution in [3.8, 4) is 17.2 Å². The molecule has 1 aliphatic heterocycles. The van der Waals surface area contributed by atoms with E-state index >= 15 is 0 Å². The lowest BCUT2D eigenvalue weighted by molar-refractivity contribution is 0.0828. The number of aromatic nitrogens is 2. The Morgan fingerprint density at radius 3 is 1.93 bits per heavy atom. The minimum atomic E-state index is -0.262. The summed E-state index contributed by atoms with van der Waals surface area (Å²) in [4.78, 5) is 26.0. The second kappa shape index (κ2) is 11.8. The first-order valence-electron chi connectivity index (χ1n) is 9.19. The van der Waals surface area contributed by atoms with Crippen LogP contribution in [0, 0.1) is 0 Å². The molecule has 1 aliphatic rings. The number of carbonyl (C=O) groups is 1. The monoisotopic (exact) mass is 458 g/mol. The molecular formula is C20H28Cl2N4O4. The fraction of sp³-hybridized carbons (Fsp3) is 0.450. The van der Waals surface area contributed by atoms with Gasteiger partial charge in [0.25, 0.3) is 0 Å². The second-order valence-corrected chi connectivity index (χ2v) is 6.53. The van der Waals surface area contributed by atoms with Crippen LogP contribution in [0.25, 0.3) is 0 Å². The van der Waals surface area contributed by atoms with E-state index in [9.17, 15) is 4.79 Å². The van der Waals surface area contributed by atoms with Crippen molar-refractivity contribution in [1.82, 2.24) is 14.9 Å². The molecule has 8 nitrogen and oxygen atoms in total. The van der Waals surface area contributed by atoms with E-state index < -0.39 is 0 Å². The van der Waals surface area contributed by atoms with Crippen molar-refractivity contribution < 1.29 is 19.0 Å². The molecule has 0 bridgehead atoms. The van der Waals surface area contributed by atoms with Crippen LogP contribution in [0.2, 0.25) is 0 Å². The Labute approximate surface area is 189 Å². The smallest absolute Gasteiger partial charge is 0.225 e. The number of Topliss-reactive ketones (excluding diaryl/α,β-unsaturated/α-hetero) is 1. The SMILES string of the molecule is COc1cc(C(=O)C(C)N2CCN(c3ncccn3)CC2)cc(OC)c1OC.Cl.Cl. The summed E-state index contributed by atoms with van der Waals surface area (Å²) in [5, 5.41) is 0. The molecule has 1 aromatic heterocycles. The van der Waals surface area contributed by atoms with Crippen LogP contribution in [-0.4, -0.2) is 74.2 Å². The number of methoxy groups -OCH3 is 3. The Balaban J connectivity index is 0.00000225. The Bertz CT molecular complexity index is 793. The molecule has 0 aliphatic carbocycles. The summed E-state index contributed by atoms with van der Waals surface area (Å²) in [6.45, 7) is 5.00. The first kappa shape index (κ1) is 25.7. The summed E-state index contributed by atoms with van der Waals surface area (Å²) >= 11 is 0. The number of carbonyl (C=O) groups excluding carboxylic acids is 1. The summed E-state index contributed by atoms with van der Waals surface area (Å²) in [5.74, 6) is 2.17. The summed E-state index contributed by atoms with van der Waals surface area (Å²) in [6, 6.07) is 4.95. The molecule has 1 aromatic carbocycles. The number of halogens is 2. The fourth-order valence-corrected chi connectivity index (χ4v) is 3.39. The van der Waals surface area contributed by atoms with Crippen molar-refractivity contribution in [2.24, 2.45) is 0 Å². The van der Waals surface area contributed by atoms with Crippen molar-refractivity contribution in [3.63, 3.8) is 0 Å². The van der Waals surface area contributed by atoms with Gasteiger partial charge >= 0.3 is 0 Å². The molecule has 1 fully saturated rings. The summed E-state index contributed by atoms with van der Waals surface area (Å²) < 4.78 is 16.1. The molecule has 0 spiro atoms. The number of rotatable bonds is 7. The molecule has 0 saturated carbocycles. The van der Waals surface area contributed by atoms with E-state index in [2.05, 4.69) is 19.8 Å². The molecule has 0 amide bonds. The minimum absolute atomic E-state index is 0. The topological polar surface area (TPSA) is 77.0 Å². The van der Waals surface area contributed by atoms with Gasteiger partial charge in [-0.3, -0.25) is 9.69 Å². The molecule has 166 valence electrons. The van der Waals surface area contributed by atoms with Gasteiger partial charge in [0, 0.05) is 44.1 Å². The first-order chi connectivity index (χ1) is 13.6. The third-order valence-corrected chi connectivity index (χ3v) is 5.03. The zero-order valence-electron chi connectivity index (χ0n) is 17.5. The first-order valence-corrected chi connectivity index (χ1v) is 9.19. The van der Waals surface area contributed by atoms with Gasteiger partial charge in [-0.25, -0.2) is 9.97 Å². The highest BCUT2D eigenvalue weighted by Crippen LogP contribution is 2.38. The summed E-state index contributed by atoms with van der Waals surface area (Å²) in [7, 11) is 4.63. The molecule has 2 heterocycles. The lowest BCUT2D eigenvalue weighted by Gasteiger charge is -2.37. The number of hydrogen-bond donors (Lipinski definition) is 0. The van der Waals surface area contributed by atoms with Gasteiger partial charge in [0.05, 0.1) is 27.4 Å². The zero-order chi connectivity index (χ0) is 20.1. The van der Waals surface area contributed by atoms with Gasteiger partial charge in [0.1, 0.15) is 0 Å². The molecule has 2 aromatic rings. The van der Waals surface area contributed by atoms with Crippen molar-refractivity contribution in [2.75, 3.05) is 52.4 Å². The number of piperazine rings is 1. The fourth-order valence-electron chi connectivity index (χ4n) is 3.39. The Kier molecular flexibility index (Phi) is 10.1. The molecule has 1 saturated heterocycles. The number of benzene rings is 1. The normalized spacial score (nSPS) is 14.7. The third kappa shape index (κ3) is 5.44. The third-order valence-electron chi connectivity index (χ3n) is 5.03. The van der Waals surface area contributed by atoms with Crippen molar-refractivity contribution in [2.45, 2.75) is 13.0 Å². The zero-order valence-corrected chi connectivity index (χ0v) is 19.2. The Morgan fingerprint density at radius 2 is 1.47 bits per heavy atom. The van der Waals surface area contributed by atoms with Crippen molar-refractivity contribution >= 4 is 36.5 Å². The molecule has 10 heteroatoms. The average Bonchev–Trinajstić information content (AvgIpc) is 2.77. The maximum Gasteiger partial charge on any atom is 0.225 e. The van der Waals surface area contributed by atoms with Gasteiger partial charge in [-0.15, -0.1) is 24.8 Å². The highest BCUT2D eigenvalue weighted by Gasteiger charge is 2.28. The van der Waals surface area contributed by atoms with Crippen molar-refractivity contribution in [1.29, 1.82) is 0 Å². The Hall–Kier alpha value is -2.29. The predicted octanol–water partition coefficient (Wildman–Crippen LogP) is 2.74. The summed E-state index contributed by atoms with van der Waals surface area (Å²) in [5.41, 5.74) is 0.538. The largest absolute Gasteiger partial charge is 0.493 e. The van der Waals surface area contributed by atoms with Crippen LogP contribution < -0.4 is 19.1 Å². The molecule has 30 heavy (non-hydrogen) atoms. The van der Waals surface area contributed by atoms with Gasteiger partial charge in [-0.2, -0.15) is 0 Å². The van der Waals surface area contributed by atoms with Gasteiger partial charge in [0.2, 0.25) is 11.7 Å². The highest BCUT2D eigenvalue weighted by atomic mass is 35.5. The minimum Gasteiger partial charge on any atom is -0.493 e. The number of nitrogens with zero attached hydrogens (tertiary/aromatic N) is 4. The standard InChI is InChI=1S/C20H26N4O4.2ClH/c1-14(23-8-10-24(11-9-23)20-21-6-5-7-22-20)18(25)15-12-16(26-2)19(28-4)17(13-15)27-3;;/h5-7,12-14H,8-11H2,1-4H3;2*1H. The maximum absolute atomic E-state index is 13.1. The highest BCUT2D eigenvalue weighted by molar-refractivity contribution is 6.01. The summed E-state index contributed by atoms with van der Waals surface area (Å²) in [6.07, 6.45) is 3.48. The van der Waals surface area contributed by atoms with E-state index in [4.69, 9.17) is 14.2 Å². The molecule has 1 atom stereocenters. The van der Waals surface area contributed by atoms with Crippen molar-refractivity contribution in [3.05, 3.63) is 36.2 Å². The number of hydrogen-bond acceptors (Lipinski definition) is 8. The van der Waals surface area contributed by atoms with Gasteiger partial charge < -0.3 is 19.1 Å². The van der Waals surface area contributed by atoms with E-state index in [1.54, 1.807) is 51.9 Å². The molecule has 0 radical (unpaired) electrons. The van der Waals surface area contributed by atoms with Gasteiger partial charge in [-0.05, 0) is 25.1 Å². The van der Waals surface area contributed by atoms with E-state index in [0.717, 1.165) is 32.1 Å². The molecule has 1 unspecified atom stereocenters. The second-order valence-electron chi connectivity index (χ2n) is 6.53. The van der Waals surface area contributed by atoms with Crippen LogP contribution in [-0.2, 0) is 0 Å². The lowest BCUT2D eigenvalue weighted by Crippen LogP contribution is -2.52. The lowest BCUT2D eigenvalue weighted by atomic mass is 10.0. The van der Waals surface area contributed by atoms with Crippen LogP contribution in [0.5, 0.6) is 17.2 Å². The van der Waals surface area contributed by atoms with Gasteiger partial charge in [0.15, 0.2) is 17.3 Å². The van der Waals surface area contributed by atoms with Crippen LogP contribution in [0.3, 0.4) is 0 Å². The average molecular weight is 459 g/mol. The van der Waals surface area contributed by atoms with Crippen LogP contribution in [0.1, 0.15) is 17.3 Å². The van der Waals surface area contributed by atoms with Crippen LogP contribution in [0.4, 0.5) is 5.95 Å². The predicted molar refractivity (Wildman–Crippen MR) is 120 cm³/mol. The maximum atomic E-state index is 13.1. The number of ketones is 1. The van der Waals surface area contributed by atoms with Gasteiger partial charge in [-0.1, -0.05) is 0 Å². The van der Waals surface area contributed by atoms with Crippen LogP contribution in [0.15, 0.2) is 30.6 Å². The molecular weight excluding hydrogens is 431 g/mol. The van der Waals surface area contributed by atoms with E-state index in [0.29, 0.717) is 22.8 Å². The molecule has 3 rings (SSSR count). The van der Waals surface area contributed by atoms with E-state index in [1.165, 1.54) is 0 Å². The Morgan fingerprint density at radius 1 is 0.933 bits per heavy atom. The molecule has 0 N–H and O–H groups in total. The number of ether oxygens (including phenoxy) is 3. The number of anilines is 1. The van der Waals surface area contributed by atoms with Crippen LogP contribution >= 0.6 is 24.8 Å². The van der Waals surface area contributed by atoms with E-state index in [-0.39, 0.29) is 36.6 Å². The van der Waals surface area contributed by atoms with E-state index in [1.807, 2.05) is 6.92 Å².